The average molecular weight is 236 g/mol. The van der Waals surface area contributed by atoms with Crippen molar-refractivity contribution in [3.8, 4) is 0 Å². The molecular weight excluding hydrogens is 216 g/mol. The quantitative estimate of drug-likeness (QED) is 0.797. The van der Waals surface area contributed by atoms with E-state index in [4.69, 9.17) is 18.0 Å². The highest BCUT2D eigenvalue weighted by molar-refractivity contribution is 7.80. The van der Waals surface area contributed by atoms with Gasteiger partial charge in [-0.1, -0.05) is 43.4 Å². The van der Waals surface area contributed by atoms with Crippen LogP contribution in [0.25, 0.3) is 0 Å². The lowest BCUT2D eigenvalue weighted by Gasteiger charge is -2.25. The normalized spacial score (nSPS) is 11.1. The molecule has 0 spiro atoms. The predicted molar refractivity (Wildman–Crippen MR) is 73.5 cm³/mol. The van der Waals surface area contributed by atoms with Crippen LogP contribution in [-0.2, 0) is 6.54 Å². The van der Waals surface area contributed by atoms with Crippen LogP contribution < -0.4 is 5.73 Å². The standard InChI is InChI=1S/C13H20N2S/c1-4-15(10(2)3)9-11-7-5-6-8-12(11)13(14)16/h5-8,10H,4,9H2,1-3H3,(H2,14,16). The lowest BCUT2D eigenvalue weighted by atomic mass is 10.1. The summed E-state index contributed by atoms with van der Waals surface area (Å²) in [5.41, 5.74) is 7.93. The van der Waals surface area contributed by atoms with Crippen molar-refractivity contribution >= 4 is 17.2 Å². The molecule has 1 rings (SSSR count). The van der Waals surface area contributed by atoms with Gasteiger partial charge in [-0.3, -0.25) is 4.90 Å². The summed E-state index contributed by atoms with van der Waals surface area (Å²) in [6.07, 6.45) is 0. The smallest absolute Gasteiger partial charge is 0.104 e. The van der Waals surface area contributed by atoms with Crippen molar-refractivity contribution in [1.82, 2.24) is 4.90 Å². The summed E-state index contributed by atoms with van der Waals surface area (Å²) in [4.78, 5) is 2.87. The van der Waals surface area contributed by atoms with Crippen LogP contribution in [0.3, 0.4) is 0 Å². The van der Waals surface area contributed by atoms with Crippen LogP contribution in [0.15, 0.2) is 24.3 Å². The third kappa shape index (κ3) is 3.29. The molecule has 0 saturated heterocycles. The van der Waals surface area contributed by atoms with Crippen molar-refractivity contribution in [3.05, 3.63) is 35.4 Å². The van der Waals surface area contributed by atoms with Crippen molar-refractivity contribution in [2.45, 2.75) is 33.4 Å². The molecule has 0 radical (unpaired) electrons. The van der Waals surface area contributed by atoms with Crippen molar-refractivity contribution in [2.24, 2.45) is 5.73 Å². The van der Waals surface area contributed by atoms with Crippen molar-refractivity contribution in [2.75, 3.05) is 6.54 Å². The maximum Gasteiger partial charge on any atom is 0.104 e. The van der Waals surface area contributed by atoms with E-state index in [9.17, 15) is 0 Å². The Hall–Kier alpha value is -0.930. The summed E-state index contributed by atoms with van der Waals surface area (Å²) in [7, 11) is 0. The van der Waals surface area contributed by atoms with Crippen LogP contribution in [0, 0.1) is 0 Å². The molecule has 0 aliphatic heterocycles. The fourth-order valence-electron chi connectivity index (χ4n) is 1.78. The van der Waals surface area contributed by atoms with Gasteiger partial charge < -0.3 is 5.73 Å². The first-order valence-corrected chi connectivity index (χ1v) is 6.08. The summed E-state index contributed by atoms with van der Waals surface area (Å²) in [6.45, 7) is 8.51. The first kappa shape index (κ1) is 13.1. The predicted octanol–water partition coefficient (Wildman–Crippen LogP) is 2.55. The third-order valence-electron chi connectivity index (χ3n) is 2.79. The molecule has 1 aromatic carbocycles. The molecule has 1 aromatic rings. The molecule has 0 aliphatic carbocycles. The minimum atomic E-state index is 0.482. The van der Waals surface area contributed by atoms with Gasteiger partial charge in [-0.2, -0.15) is 0 Å². The Morgan fingerprint density at radius 2 is 2.00 bits per heavy atom. The van der Waals surface area contributed by atoms with E-state index in [-0.39, 0.29) is 0 Å². The lowest BCUT2D eigenvalue weighted by Crippen LogP contribution is -2.31. The molecule has 0 bridgehead atoms. The molecule has 0 amide bonds. The monoisotopic (exact) mass is 236 g/mol. The molecule has 2 nitrogen and oxygen atoms in total. The number of rotatable bonds is 5. The van der Waals surface area contributed by atoms with Crippen LogP contribution in [0.2, 0.25) is 0 Å². The Balaban J connectivity index is 2.91. The molecular formula is C13H20N2S. The molecule has 0 heterocycles. The van der Waals surface area contributed by atoms with Crippen LogP contribution in [-0.4, -0.2) is 22.5 Å². The Morgan fingerprint density at radius 1 is 1.38 bits per heavy atom. The molecule has 88 valence electrons. The minimum absolute atomic E-state index is 0.482. The Bertz CT molecular complexity index is 361. The maximum absolute atomic E-state index is 5.72. The largest absolute Gasteiger partial charge is 0.389 e. The van der Waals surface area contributed by atoms with Crippen molar-refractivity contribution in [3.63, 3.8) is 0 Å². The maximum atomic E-state index is 5.72. The molecule has 3 heteroatoms. The second-order valence-electron chi connectivity index (χ2n) is 4.18. The van der Waals surface area contributed by atoms with Gasteiger partial charge in [-0.15, -0.1) is 0 Å². The number of hydrogen-bond acceptors (Lipinski definition) is 2. The number of thiocarbonyl (C=S) groups is 1. The molecule has 0 aromatic heterocycles. The average Bonchev–Trinajstić information content (AvgIpc) is 2.25. The minimum Gasteiger partial charge on any atom is -0.389 e. The molecule has 0 saturated carbocycles. The number of nitrogens with two attached hydrogens (primary N) is 1. The number of benzene rings is 1. The zero-order valence-electron chi connectivity index (χ0n) is 10.2. The first-order chi connectivity index (χ1) is 7.56. The van der Waals surface area contributed by atoms with E-state index < -0.39 is 0 Å². The van der Waals surface area contributed by atoms with Crippen molar-refractivity contribution in [1.29, 1.82) is 0 Å². The van der Waals surface area contributed by atoms with Gasteiger partial charge in [0.05, 0.1) is 0 Å². The third-order valence-corrected chi connectivity index (χ3v) is 3.01. The molecule has 0 aliphatic rings. The summed E-state index contributed by atoms with van der Waals surface area (Å²) >= 11 is 5.06. The van der Waals surface area contributed by atoms with Crippen LogP contribution in [0.1, 0.15) is 31.9 Å². The fourth-order valence-corrected chi connectivity index (χ4v) is 1.98. The summed E-state index contributed by atoms with van der Waals surface area (Å²) in [6, 6.07) is 8.63. The highest BCUT2D eigenvalue weighted by Gasteiger charge is 2.11. The van der Waals surface area contributed by atoms with Gasteiger partial charge in [0.25, 0.3) is 0 Å². The Morgan fingerprint density at radius 3 is 2.50 bits per heavy atom. The fraction of sp³-hybridized carbons (Fsp3) is 0.462. The highest BCUT2D eigenvalue weighted by atomic mass is 32.1. The Labute approximate surface area is 103 Å². The zero-order valence-corrected chi connectivity index (χ0v) is 11.1. The van der Waals surface area contributed by atoms with Gasteiger partial charge in [-0.05, 0) is 26.0 Å². The van der Waals surface area contributed by atoms with E-state index in [1.807, 2.05) is 18.2 Å². The van der Waals surface area contributed by atoms with Gasteiger partial charge in [0, 0.05) is 18.2 Å². The molecule has 2 N–H and O–H groups in total. The molecule has 0 unspecified atom stereocenters. The van der Waals surface area contributed by atoms with E-state index in [0.29, 0.717) is 11.0 Å². The second-order valence-corrected chi connectivity index (χ2v) is 4.62. The van der Waals surface area contributed by atoms with Gasteiger partial charge in [-0.25, -0.2) is 0 Å². The van der Waals surface area contributed by atoms with Gasteiger partial charge in [0.1, 0.15) is 4.99 Å². The van der Waals surface area contributed by atoms with Crippen LogP contribution in [0.4, 0.5) is 0 Å². The summed E-state index contributed by atoms with van der Waals surface area (Å²) in [5, 5.41) is 0. The molecule has 0 fully saturated rings. The zero-order chi connectivity index (χ0) is 12.1. The van der Waals surface area contributed by atoms with Crippen LogP contribution >= 0.6 is 12.2 Å². The second kappa shape index (κ2) is 5.97. The van der Waals surface area contributed by atoms with E-state index in [2.05, 4.69) is 31.7 Å². The van der Waals surface area contributed by atoms with E-state index in [1.165, 1.54) is 5.56 Å². The molecule has 16 heavy (non-hydrogen) atoms. The first-order valence-electron chi connectivity index (χ1n) is 5.68. The van der Waals surface area contributed by atoms with Crippen LogP contribution in [0.5, 0.6) is 0 Å². The van der Waals surface area contributed by atoms with Gasteiger partial charge in [0.2, 0.25) is 0 Å². The van der Waals surface area contributed by atoms with Gasteiger partial charge in [0.15, 0.2) is 0 Å². The lowest BCUT2D eigenvalue weighted by molar-refractivity contribution is 0.225. The summed E-state index contributed by atoms with van der Waals surface area (Å²) in [5.74, 6) is 0. The Kier molecular flexibility index (Phi) is 4.90. The highest BCUT2D eigenvalue weighted by Crippen LogP contribution is 2.13. The summed E-state index contributed by atoms with van der Waals surface area (Å²) < 4.78 is 0. The molecule has 0 atom stereocenters. The van der Waals surface area contributed by atoms with E-state index in [1.54, 1.807) is 0 Å². The number of hydrogen-bond donors (Lipinski definition) is 1. The van der Waals surface area contributed by atoms with Crippen molar-refractivity contribution < 1.29 is 0 Å². The van der Waals surface area contributed by atoms with Gasteiger partial charge >= 0.3 is 0 Å². The number of nitrogens with zero attached hydrogens (tertiary/aromatic N) is 1. The van der Waals surface area contributed by atoms with E-state index >= 15 is 0 Å². The topological polar surface area (TPSA) is 29.3 Å². The van der Waals surface area contributed by atoms with E-state index in [0.717, 1.165) is 18.7 Å². The SMILES string of the molecule is CCN(Cc1ccccc1C(N)=S)C(C)C.